The Hall–Kier alpha value is -3.85. The molecular weight excluding hydrogens is 512 g/mol. The quantitative estimate of drug-likeness (QED) is 0.296. The summed E-state index contributed by atoms with van der Waals surface area (Å²) in [7, 11) is 1.54. The Labute approximate surface area is 222 Å². The highest BCUT2D eigenvalue weighted by Gasteiger charge is 2.50. The summed E-state index contributed by atoms with van der Waals surface area (Å²) in [5.41, 5.74) is 1.14. The number of carbonyl (C=O) groups excluding carboxylic acids is 3. The number of methoxy groups -OCH3 is 1. The molecular formula is C29H25F2NO5S. The zero-order valence-corrected chi connectivity index (χ0v) is 21.6. The molecule has 0 bridgehead atoms. The number of carbonyl (C=O) groups is 3. The average Bonchev–Trinajstić information content (AvgIpc) is 3.44. The first kappa shape index (κ1) is 25.8. The Morgan fingerprint density at radius 2 is 1.84 bits per heavy atom. The van der Waals surface area contributed by atoms with Gasteiger partial charge in [0.2, 0.25) is 5.91 Å². The first-order valence-electron chi connectivity index (χ1n) is 12.2. The number of nitrogens with zero attached hydrogens (tertiary/aromatic N) is 1. The molecule has 2 heterocycles. The van der Waals surface area contributed by atoms with E-state index in [0.29, 0.717) is 23.1 Å². The van der Waals surface area contributed by atoms with E-state index in [9.17, 15) is 18.8 Å². The highest BCUT2D eigenvalue weighted by Crippen LogP contribution is 2.50. The predicted octanol–water partition coefficient (Wildman–Crippen LogP) is 5.75. The third-order valence-electron chi connectivity index (χ3n) is 7.04. The summed E-state index contributed by atoms with van der Waals surface area (Å²) in [6.45, 7) is 1.79. The zero-order valence-electron chi connectivity index (χ0n) is 20.8. The number of ether oxygens (including phenoxy) is 2. The number of amides is 1. The molecule has 1 aliphatic carbocycles. The minimum absolute atomic E-state index is 0.110. The average molecular weight is 538 g/mol. The molecule has 0 N–H and O–H groups in total. The van der Waals surface area contributed by atoms with Crippen molar-refractivity contribution in [1.82, 2.24) is 0 Å². The first-order valence-corrected chi connectivity index (χ1v) is 13.1. The Kier molecular flexibility index (Phi) is 7.12. The lowest BCUT2D eigenvalue weighted by Crippen LogP contribution is -2.46. The lowest BCUT2D eigenvalue weighted by Gasteiger charge is -2.42. The molecule has 0 unspecified atom stereocenters. The molecule has 1 aromatic heterocycles. The van der Waals surface area contributed by atoms with Gasteiger partial charge in [0, 0.05) is 40.5 Å². The molecule has 38 heavy (non-hydrogen) atoms. The number of halogens is 2. The zero-order chi connectivity index (χ0) is 27.0. The van der Waals surface area contributed by atoms with Crippen LogP contribution in [-0.2, 0) is 19.1 Å². The number of ketones is 1. The van der Waals surface area contributed by atoms with Crippen molar-refractivity contribution >= 4 is 34.7 Å². The second-order valence-corrected chi connectivity index (χ2v) is 10.1. The van der Waals surface area contributed by atoms with Gasteiger partial charge in [-0.2, -0.15) is 0 Å². The number of anilines is 1. The summed E-state index contributed by atoms with van der Waals surface area (Å²) in [5, 5.41) is 1.84. The predicted molar refractivity (Wildman–Crippen MR) is 138 cm³/mol. The Balaban J connectivity index is 1.72. The van der Waals surface area contributed by atoms with Crippen LogP contribution in [0.25, 0.3) is 0 Å². The van der Waals surface area contributed by atoms with E-state index in [0.717, 1.165) is 10.9 Å². The van der Waals surface area contributed by atoms with Crippen LogP contribution in [0, 0.1) is 17.6 Å². The second-order valence-electron chi connectivity index (χ2n) is 9.14. The topological polar surface area (TPSA) is 72.9 Å². The minimum atomic E-state index is -1.11. The van der Waals surface area contributed by atoms with Crippen molar-refractivity contribution in [3.63, 3.8) is 0 Å². The number of rotatable bonds is 6. The SMILES string of the molecule is CCOC(=O)[C@H]1C(=O)C2=C(C[C@H]1c1cccs1)N(c1ccc(F)cc1F)C(=O)C[C@H]2c1ccc(OC)cc1. The van der Waals surface area contributed by atoms with Crippen molar-refractivity contribution in [2.45, 2.75) is 31.6 Å². The van der Waals surface area contributed by atoms with E-state index in [1.165, 1.54) is 29.4 Å². The fourth-order valence-corrected chi connectivity index (χ4v) is 6.23. The van der Waals surface area contributed by atoms with E-state index >= 15 is 4.39 Å². The molecule has 3 atom stereocenters. The normalized spacial score (nSPS) is 21.4. The van der Waals surface area contributed by atoms with E-state index in [1.54, 1.807) is 31.2 Å². The van der Waals surface area contributed by atoms with Gasteiger partial charge >= 0.3 is 5.97 Å². The fourth-order valence-electron chi connectivity index (χ4n) is 5.37. The van der Waals surface area contributed by atoms with Crippen LogP contribution in [0.2, 0.25) is 0 Å². The summed E-state index contributed by atoms with van der Waals surface area (Å²) < 4.78 is 39.3. The summed E-state index contributed by atoms with van der Waals surface area (Å²) >= 11 is 1.39. The van der Waals surface area contributed by atoms with Gasteiger partial charge in [0.25, 0.3) is 0 Å². The van der Waals surface area contributed by atoms with Gasteiger partial charge in [-0.1, -0.05) is 18.2 Å². The van der Waals surface area contributed by atoms with Crippen LogP contribution >= 0.6 is 11.3 Å². The van der Waals surface area contributed by atoms with Crippen LogP contribution in [0.1, 0.15) is 42.0 Å². The van der Waals surface area contributed by atoms with Gasteiger partial charge in [0.1, 0.15) is 23.3 Å². The molecule has 3 aromatic rings. The molecule has 2 aromatic carbocycles. The Morgan fingerprint density at radius 1 is 1.08 bits per heavy atom. The number of hydrogen-bond acceptors (Lipinski definition) is 6. The molecule has 0 saturated heterocycles. The Morgan fingerprint density at radius 3 is 2.47 bits per heavy atom. The lowest BCUT2D eigenvalue weighted by molar-refractivity contribution is -0.152. The van der Waals surface area contributed by atoms with Gasteiger partial charge in [-0.3, -0.25) is 19.3 Å². The monoisotopic (exact) mass is 537 g/mol. The van der Waals surface area contributed by atoms with Crippen molar-refractivity contribution in [1.29, 1.82) is 0 Å². The third kappa shape index (κ3) is 4.51. The van der Waals surface area contributed by atoms with E-state index in [2.05, 4.69) is 0 Å². The number of Topliss-reactive ketones (excluding diaryl/α,β-unsaturated/α-hetero) is 1. The highest BCUT2D eigenvalue weighted by atomic mass is 32.1. The van der Waals surface area contributed by atoms with Crippen molar-refractivity contribution in [3.8, 4) is 5.75 Å². The van der Waals surface area contributed by atoms with Crippen molar-refractivity contribution < 1.29 is 32.6 Å². The van der Waals surface area contributed by atoms with Gasteiger partial charge in [-0.25, -0.2) is 8.78 Å². The van der Waals surface area contributed by atoms with Gasteiger partial charge in [-0.15, -0.1) is 11.3 Å². The van der Waals surface area contributed by atoms with Gasteiger partial charge in [0.15, 0.2) is 5.78 Å². The van der Waals surface area contributed by atoms with Gasteiger partial charge in [-0.05, 0) is 54.6 Å². The van der Waals surface area contributed by atoms with Gasteiger partial charge in [0.05, 0.1) is 19.4 Å². The first-order chi connectivity index (χ1) is 18.3. The van der Waals surface area contributed by atoms with Crippen LogP contribution in [0.4, 0.5) is 14.5 Å². The molecule has 6 nitrogen and oxygen atoms in total. The van der Waals surface area contributed by atoms with Crippen LogP contribution in [0.5, 0.6) is 5.75 Å². The minimum Gasteiger partial charge on any atom is -0.497 e. The summed E-state index contributed by atoms with van der Waals surface area (Å²) in [4.78, 5) is 43.0. The maximum atomic E-state index is 15.0. The van der Waals surface area contributed by atoms with Crippen LogP contribution in [0.3, 0.4) is 0 Å². The number of hydrogen-bond donors (Lipinski definition) is 0. The molecule has 196 valence electrons. The molecule has 0 spiro atoms. The van der Waals surface area contributed by atoms with E-state index in [-0.39, 0.29) is 30.7 Å². The molecule has 0 fully saturated rings. The molecule has 9 heteroatoms. The molecule has 2 aliphatic rings. The molecule has 5 rings (SSSR count). The third-order valence-corrected chi connectivity index (χ3v) is 8.04. The van der Waals surface area contributed by atoms with Crippen molar-refractivity contribution in [2.24, 2.45) is 5.92 Å². The smallest absolute Gasteiger partial charge is 0.317 e. The maximum Gasteiger partial charge on any atom is 0.317 e. The number of allylic oxidation sites excluding steroid dienone is 2. The Bertz CT molecular complexity index is 1420. The van der Waals surface area contributed by atoms with Crippen molar-refractivity contribution in [3.05, 3.63) is 93.3 Å². The highest BCUT2D eigenvalue weighted by molar-refractivity contribution is 7.10. The van der Waals surface area contributed by atoms with Crippen LogP contribution in [0.15, 0.2) is 71.2 Å². The molecule has 0 saturated carbocycles. The standard InChI is InChI=1S/C29H25F2NO5S/c1-3-37-29(35)27-20(24-5-4-12-38-24)14-23-26(28(27)34)19(16-6-9-18(36-2)10-7-16)15-25(33)32(23)22-11-8-17(30)13-21(22)31/h4-13,19-20,27H,3,14-15H2,1-2H3/t19-,20-,27+/m0/s1. The van der Waals surface area contributed by atoms with Crippen molar-refractivity contribution in [2.75, 3.05) is 18.6 Å². The lowest BCUT2D eigenvalue weighted by atomic mass is 9.69. The second kappa shape index (κ2) is 10.5. The maximum absolute atomic E-state index is 15.0. The van der Waals surface area contributed by atoms with E-state index < -0.39 is 47.0 Å². The van der Waals surface area contributed by atoms with Gasteiger partial charge < -0.3 is 9.47 Å². The molecule has 0 radical (unpaired) electrons. The van der Waals surface area contributed by atoms with E-state index in [1.807, 2.05) is 17.5 Å². The molecule has 1 aliphatic heterocycles. The number of esters is 1. The van der Waals surface area contributed by atoms with Crippen LogP contribution < -0.4 is 9.64 Å². The fraction of sp³-hybridized carbons (Fsp3) is 0.276. The summed E-state index contributed by atoms with van der Waals surface area (Å²) in [6, 6.07) is 13.6. The largest absolute Gasteiger partial charge is 0.497 e. The number of benzene rings is 2. The van der Waals surface area contributed by atoms with Crippen LogP contribution in [-0.4, -0.2) is 31.4 Å². The molecule has 1 amide bonds. The summed E-state index contributed by atoms with van der Waals surface area (Å²) in [6.07, 6.45) is -0.00673. The van der Waals surface area contributed by atoms with E-state index in [4.69, 9.17) is 9.47 Å². The number of thiophene rings is 1. The summed E-state index contributed by atoms with van der Waals surface area (Å²) in [5.74, 6) is -4.97.